The van der Waals surface area contributed by atoms with Crippen molar-refractivity contribution in [1.82, 2.24) is 0 Å². The van der Waals surface area contributed by atoms with E-state index < -0.39 is 14.8 Å². The minimum Gasteiger partial charge on any atom is -0.487 e. The molecule has 0 fully saturated rings. The van der Waals surface area contributed by atoms with Crippen LogP contribution in [0.3, 0.4) is 0 Å². The van der Waals surface area contributed by atoms with Gasteiger partial charge in [-0.15, -0.1) is 12.4 Å². The van der Waals surface area contributed by atoms with Gasteiger partial charge in [0.2, 0.25) is 0 Å². The molecular formula is C13H21ClN2O5S. The molecule has 1 aromatic carbocycles. The summed E-state index contributed by atoms with van der Waals surface area (Å²) >= 11 is 0. The summed E-state index contributed by atoms with van der Waals surface area (Å²) in [7, 11) is -3.48. The van der Waals surface area contributed by atoms with Crippen molar-refractivity contribution in [2.24, 2.45) is 5.73 Å². The standard InChI is InChI=1S/C13H20N2O5S.ClH/c1-21(18,19)11-6-7-13(12(10-11)15(16)17)20-9-5-3-2-4-8-14;/h6-7,10H,2-5,8-9,14H2,1H3;1H. The summed E-state index contributed by atoms with van der Waals surface area (Å²) in [6.07, 6.45) is 4.65. The molecule has 0 unspecified atom stereocenters. The Balaban J connectivity index is 0.00000441. The summed E-state index contributed by atoms with van der Waals surface area (Å²) in [6.45, 7) is 1.00. The Morgan fingerprint density at radius 1 is 1.23 bits per heavy atom. The van der Waals surface area contributed by atoms with Gasteiger partial charge in [-0.1, -0.05) is 12.8 Å². The fourth-order valence-electron chi connectivity index (χ4n) is 1.77. The average Bonchev–Trinajstić information content (AvgIpc) is 2.41. The zero-order chi connectivity index (χ0) is 15.9. The van der Waals surface area contributed by atoms with Crippen LogP contribution in [-0.4, -0.2) is 32.7 Å². The van der Waals surface area contributed by atoms with Crippen LogP contribution in [-0.2, 0) is 9.84 Å². The number of halogens is 1. The largest absolute Gasteiger partial charge is 0.487 e. The third-order valence-corrected chi connectivity index (χ3v) is 4.02. The Morgan fingerprint density at radius 3 is 2.41 bits per heavy atom. The van der Waals surface area contributed by atoms with Crippen LogP contribution in [0.5, 0.6) is 5.75 Å². The molecule has 126 valence electrons. The summed E-state index contributed by atoms with van der Waals surface area (Å²) in [6, 6.07) is 3.67. The quantitative estimate of drug-likeness (QED) is 0.414. The smallest absolute Gasteiger partial charge is 0.312 e. The van der Waals surface area contributed by atoms with Crippen LogP contribution in [0.25, 0.3) is 0 Å². The van der Waals surface area contributed by atoms with Crippen molar-refractivity contribution in [3.8, 4) is 5.75 Å². The molecule has 7 nitrogen and oxygen atoms in total. The molecule has 0 amide bonds. The predicted octanol–water partition coefficient (Wildman–Crippen LogP) is 2.32. The summed E-state index contributed by atoms with van der Waals surface area (Å²) in [5.41, 5.74) is 5.05. The minimum absolute atomic E-state index is 0. The maximum absolute atomic E-state index is 11.4. The molecule has 1 rings (SSSR count). The van der Waals surface area contributed by atoms with Gasteiger partial charge in [-0.2, -0.15) is 0 Å². The number of sulfone groups is 1. The number of nitro groups is 1. The zero-order valence-corrected chi connectivity index (χ0v) is 14.0. The van der Waals surface area contributed by atoms with Gasteiger partial charge in [0.1, 0.15) is 0 Å². The second-order valence-electron chi connectivity index (χ2n) is 4.71. The van der Waals surface area contributed by atoms with E-state index in [4.69, 9.17) is 10.5 Å². The van der Waals surface area contributed by atoms with E-state index in [1.165, 1.54) is 12.1 Å². The molecular weight excluding hydrogens is 332 g/mol. The van der Waals surface area contributed by atoms with E-state index in [-0.39, 0.29) is 28.7 Å². The first-order valence-electron chi connectivity index (χ1n) is 6.67. The van der Waals surface area contributed by atoms with Crippen LogP contribution in [0.1, 0.15) is 25.7 Å². The molecule has 22 heavy (non-hydrogen) atoms. The second kappa shape index (κ2) is 9.60. The lowest BCUT2D eigenvalue weighted by Gasteiger charge is -2.07. The Hall–Kier alpha value is -1.38. The molecule has 0 atom stereocenters. The molecule has 0 heterocycles. The van der Waals surface area contributed by atoms with Gasteiger partial charge in [0.05, 0.1) is 16.4 Å². The zero-order valence-electron chi connectivity index (χ0n) is 12.4. The van der Waals surface area contributed by atoms with Crippen LogP contribution in [0.15, 0.2) is 23.1 Å². The molecule has 0 saturated heterocycles. The third-order valence-electron chi connectivity index (χ3n) is 2.91. The molecule has 1 aromatic rings. The van der Waals surface area contributed by atoms with Crippen molar-refractivity contribution < 1.29 is 18.1 Å². The lowest BCUT2D eigenvalue weighted by atomic mass is 10.2. The number of hydrogen-bond acceptors (Lipinski definition) is 6. The molecule has 0 radical (unpaired) electrons. The first-order chi connectivity index (χ1) is 9.86. The van der Waals surface area contributed by atoms with E-state index in [0.29, 0.717) is 13.2 Å². The van der Waals surface area contributed by atoms with Crippen LogP contribution < -0.4 is 10.5 Å². The molecule has 0 aliphatic carbocycles. The van der Waals surface area contributed by atoms with Gasteiger partial charge in [-0.3, -0.25) is 10.1 Å². The fraction of sp³-hybridized carbons (Fsp3) is 0.538. The maximum Gasteiger partial charge on any atom is 0.312 e. The predicted molar refractivity (Wildman–Crippen MR) is 86.5 cm³/mol. The first-order valence-corrected chi connectivity index (χ1v) is 8.56. The van der Waals surface area contributed by atoms with Gasteiger partial charge in [-0.05, 0) is 31.5 Å². The van der Waals surface area contributed by atoms with Crippen molar-refractivity contribution >= 4 is 27.9 Å². The molecule has 2 N–H and O–H groups in total. The number of hydrogen-bond donors (Lipinski definition) is 1. The van der Waals surface area contributed by atoms with E-state index in [1.807, 2.05) is 0 Å². The van der Waals surface area contributed by atoms with E-state index in [2.05, 4.69) is 0 Å². The molecule has 0 bridgehead atoms. The van der Waals surface area contributed by atoms with E-state index in [9.17, 15) is 18.5 Å². The summed E-state index contributed by atoms with van der Waals surface area (Å²) < 4.78 is 28.2. The van der Waals surface area contributed by atoms with Crippen molar-refractivity contribution in [2.75, 3.05) is 19.4 Å². The number of nitro benzene ring substituents is 1. The summed E-state index contributed by atoms with van der Waals surface area (Å²) in [4.78, 5) is 10.3. The van der Waals surface area contributed by atoms with Crippen molar-refractivity contribution in [2.45, 2.75) is 30.6 Å². The number of nitrogens with zero attached hydrogens (tertiary/aromatic N) is 1. The van der Waals surface area contributed by atoms with Gasteiger partial charge in [-0.25, -0.2) is 8.42 Å². The first kappa shape index (κ1) is 20.6. The highest BCUT2D eigenvalue weighted by Gasteiger charge is 2.19. The Kier molecular flexibility index (Phi) is 9.00. The van der Waals surface area contributed by atoms with Crippen molar-refractivity contribution in [1.29, 1.82) is 0 Å². The van der Waals surface area contributed by atoms with Gasteiger partial charge in [0.15, 0.2) is 15.6 Å². The molecule has 0 aliphatic heterocycles. The van der Waals surface area contributed by atoms with E-state index >= 15 is 0 Å². The lowest BCUT2D eigenvalue weighted by Crippen LogP contribution is -2.04. The number of rotatable bonds is 9. The Bertz CT molecular complexity index is 592. The summed E-state index contributed by atoms with van der Waals surface area (Å²) in [5, 5.41) is 11.0. The molecule has 9 heteroatoms. The third kappa shape index (κ3) is 6.59. The minimum atomic E-state index is -3.48. The number of benzene rings is 1. The van der Waals surface area contributed by atoms with Gasteiger partial charge in [0, 0.05) is 12.3 Å². The molecule has 0 saturated carbocycles. The highest BCUT2D eigenvalue weighted by molar-refractivity contribution is 7.90. The Labute approximate surface area is 136 Å². The topological polar surface area (TPSA) is 113 Å². The van der Waals surface area contributed by atoms with Crippen molar-refractivity contribution in [3.63, 3.8) is 0 Å². The van der Waals surface area contributed by atoms with E-state index in [0.717, 1.165) is 38.0 Å². The fourth-order valence-corrected chi connectivity index (χ4v) is 2.42. The van der Waals surface area contributed by atoms with E-state index in [1.54, 1.807) is 0 Å². The van der Waals surface area contributed by atoms with Crippen LogP contribution in [0.2, 0.25) is 0 Å². The number of nitrogens with two attached hydrogens (primary N) is 1. The number of unbranched alkanes of at least 4 members (excludes halogenated alkanes) is 3. The highest BCUT2D eigenvalue weighted by atomic mass is 35.5. The number of ether oxygens (including phenoxy) is 1. The Morgan fingerprint density at radius 2 is 1.86 bits per heavy atom. The normalized spacial score (nSPS) is 10.8. The summed E-state index contributed by atoms with van der Waals surface area (Å²) in [5.74, 6) is 0.0891. The highest BCUT2D eigenvalue weighted by Crippen LogP contribution is 2.29. The van der Waals surface area contributed by atoms with Gasteiger partial charge >= 0.3 is 5.69 Å². The molecule has 0 spiro atoms. The van der Waals surface area contributed by atoms with Gasteiger partial charge in [0.25, 0.3) is 0 Å². The lowest BCUT2D eigenvalue weighted by molar-refractivity contribution is -0.386. The maximum atomic E-state index is 11.4. The van der Waals surface area contributed by atoms with Gasteiger partial charge < -0.3 is 10.5 Å². The monoisotopic (exact) mass is 352 g/mol. The second-order valence-corrected chi connectivity index (χ2v) is 6.73. The van der Waals surface area contributed by atoms with Crippen LogP contribution in [0.4, 0.5) is 5.69 Å². The van der Waals surface area contributed by atoms with Crippen LogP contribution in [0, 0.1) is 10.1 Å². The molecule has 0 aliphatic rings. The SMILES string of the molecule is CS(=O)(=O)c1ccc(OCCCCCCN)c([N+](=O)[O-])c1.Cl. The van der Waals surface area contributed by atoms with Crippen LogP contribution >= 0.6 is 12.4 Å². The average molecular weight is 353 g/mol. The molecule has 0 aromatic heterocycles. The van der Waals surface area contributed by atoms with Crippen molar-refractivity contribution in [3.05, 3.63) is 28.3 Å².